The summed E-state index contributed by atoms with van der Waals surface area (Å²) in [5, 5.41) is 2.77. The van der Waals surface area contributed by atoms with Crippen molar-refractivity contribution in [2.45, 2.75) is 37.3 Å². The second-order valence-electron chi connectivity index (χ2n) is 5.39. The molecule has 0 aliphatic heterocycles. The lowest BCUT2D eigenvalue weighted by Crippen LogP contribution is -2.05. The maximum absolute atomic E-state index is 11.0. The lowest BCUT2D eigenvalue weighted by molar-refractivity contribution is -0.114. The van der Waals surface area contributed by atoms with Gasteiger partial charge in [0.2, 0.25) is 5.91 Å². The fourth-order valence-electron chi connectivity index (χ4n) is 2.00. The second kappa shape index (κ2) is 7.32. The first kappa shape index (κ1) is 15.6. The first-order valence-corrected chi connectivity index (χ1v) is 8.12. The quantitative estimate of drug-likeness (QED) is 0.782. The highest BCUT2D eigenvalue weighted by Crippen LogP contribution is 2.25. The number of thioether (sulfide) groups is 1. The Labute approximate surface area is 131 Å². The predicted molar refractivity (Wildman–Crippen MR) is 90.8 cm³/mol. The summed E-state index contributed by atoms with van der Waals surface area (Å²) in [6, 6.07) is 16.8. The molecule has 21 heavy (non-hydrogen) atoms. The van der Waals surface area contributed by atoms with Crippen LogP contribution in [0.15, 0.2) is 53.4 Å². The molecule has 0 aliphatic rings. The zero-order valence-corrected chi connectivity index (χ0v) is 13.5. The summed E-state index contributed by atoms with van der Waals surface area (Å²) in [5.41, 5.74) is 3.55. The lowest BCUT2D eigenvalue weighted by Gasteiger charge is -2.07. The molecule has 1 N–H and O–H groups in total. The fraction of sp³-hybridized carbons (Fsp3) is 0.278. The molecule has 0 saturated carbocycles. The van der Waals surface area contributed by atoms with Crippen LogP contribution in [0.4, 0.5) is 5.69 Å². The molecule has 0 heterocycles. The topological polar surface area (TPSA) is 29.1 Å². The van der Waals surface area contributed by atoms with E-state index in [0.29, 0.717) is 5.92 Å². The summed E-state index contributed by atoms with van der Waals surface area (Å²) in [5.74, 6) is 1.49. The van der Waals surface area contributed by atoms with Gasteiger partial charge in [-0.3, -0.25) is 4.79 Å². The maximum Gasteiger partial charge on any atom is 0.221 e. The van der Waals surface area contributed by atoms with Crippen LogP contribution in [-0.2, 0) is 10.5 Å². The summed E-state index contributed by atoms with van der Waals surface area (Å²) in [6.45, 7) is 5.93. The van der Waals surface area contributed by atoms with Gasteiger partial charge >= 0.3 is 0 Å². The van der Waals surface area contributed by atoms with Gasteiger partial charge in [0.05, 0.1) is 0 Å². The van der Waals surface area contributed by atoms with E-state index >= 15 is 0 Å². The van der Waals surface area contributed by atoms with E-state index in [9.17, 15) is 4.79 Å². The largest absolute Gasteiger partial charge is 0.326 e. The van der Waals surface area contributed by atoms with E-state index in [0.717, 1.165) is 11.4 Å². The van der Waals surface area contributed by atoms with Crippen molar-refractivity contribution in [2.75, 3.05) is 5.32 Å². The van der Waals surface area contributed by atoms with Crippen LogP contribution in [0.25, 0.3) is 0 Å². The number of amides is 1. The van der Waals surface area contributed by atoms with Crippen molar-refractivity contribution in [3.05, 3.63) is 59.7 Å². The minimum atomic E-state index is -0.0411. The number of hydrogen-bond donors (Lipinski definition) is 1. The van der Waals surface area contributed by atoms with Crippen molar-refractivity contribution in [1.29, 1.82) is 0 Å². The zero-order chi connectivity index (χ0) is 15.2. The molecular weight excluding hydrogens is 278 g/mol. The first-order chi connectivity index (χ1) is 10.0. The third kappa shape index (κ3) is 4.94. The standard InChI is InChI=1S/C18H21NOS/c1-13(2)16-6-4-15(5-7-16)12-21-18-10-8-17(9-11-18)19-14(3)20/h4-11,13H,12H2,1-3H3,(H,19,20). The van der Waals surface area contributed by atoms with Crippen LogP contribution >= 0.6 is 11.8 Å². The van der Waals surface area contributed by atoms with Crippen LogP contribution < -0.4 is 5.32 Å². The maximum atomic E-state index is 11.0. The van der Waals surface area contributed by atoms with Crippen LogP contribution in [0.2, 0.25) is 0 Å². The van der Waals surface area contributed by atoms with E-state index in [1.54, 1.807) is 11.8 Å². The van der Waals surface area contributed by atoms with Crippen molar-refractivity contribution in [1.82, 2.24) is 0 Å². The van der Waals surface area contributed by atoms with Crippen LogP contribution in [-0.4, -0.2) is 5.91 Å². The normalized spacial score (nSPS) is 10.7. The van der Waals surface area contributed by atoms with Gasteiger partial charge in [-0.15, -0.1) is 11.8 Å². The van der Waals surface area contributed by atoms with Crippen molar-refractivity contribution in [3.8, 4) is 0 Å². The molecule has 0 aromatic heterocycles. The number of rotatable bonds is 5. The Bertz CT molecular complexity index is 588. The molecule has 0 spiro atoms. The molecule has 0 aliphatic carbocycles. The second-order valence-corrected chi connectivity index (χ2v) is 6.44. The van der Waals surface area contributed by atoms with Gasteiger partial charge in [-0.05, 0) is 41.3 Å². The molecule has 0 saturated heterocycles. The highest BCUT2D eigenvalue weighted by atomic mass is 32.2. The molecule has 0 atom stereocenters. The highest BCUT2D eigenvalue weighted by Gasteiger charge is 2.01. The first-order valence-electron chi connectivity index (χ1n) is 7.14. The van der Waals surface area contributed by atoms with Crippen LogP contribution in [0, 0.1) is 0 Å². The van der Waals surface area contributed by atoms with Crippen molar-refractivity contribution in [3.63, 3.8) is 0 Å². The van der Waals surface area contributed by atoms with Gasteiger partial charge in [0.15, 0.2) is 0 Å². The van der Waals surface area contributed by atoms with Crippen molar-refractivity contribution < 1.29 is 4.79 Å². The molecule has 2 aromatic carbocycles. The Morgan fingerprint density at radius 3 is 2.19 bits per heavy atom. The van der Waals surface area contributed by atoms with Crippen molar-refractivity contribution in [2.24, 2.45) is 0 Å². The van der Waals surface area contributed by atoms with E-state index in [1.165, 1.54) is 22.9 Å². The van der Waals surface area contributed by atoms with Gasteiger partial charge in [-0.25, -0.2) is 0 Å². The minimum absolute atomic E-state index is 0.0411. The van der Waals surface area contributed by atoms with E-state index in [2.05, 4.69) is 43.4 Å². The van der Waals surface area contributed by atoms with E-state index in [-0.39, 0.29) is 5.91 Å². The summed E-state index contributed by atoms with van der Waals surface area (Å²) in [7, 11) is 0. The minimum Gasteiger partial charge on any atom is -0.326 e. The van der Waals surface area contributed by atoms with E-state index in [1.807, 2.05) is 24.3 Å². The molecule has 0 unspecified atom stereocenters. The predicted octanol–water partition coefficient (Wildman–Crippen LogP) is 5.06. The average molecular weight is 299 g/mol. The molecule has 3 heteroatoms. The monoisotopic (exact) mass is 299 g/mol. The Morgan fingerprint density at radius 2 is 1.67 bits per heavy atom. The van der Waals surface area contributed by atoms with E-state index in [4.69, 9.17) is 0 Å². The number of nitrogens with one attached hydrogen (secondary N) is 1. The third-order valence-corrected chi connectivity index (χ3v) is 4.31. The Hall–Kier alpha value is -1.74. The van der Waals surface area contributed by atoms with Gasteiger partial charge < -0.3 is 5.32 Å². The van der Waals surface area contributed by atoms with Crippen molar-refractivity contribution >= 4 is 23.4 Å². The molecule has 1 amide bonds. The molecule has 2 nitrogen and oxygen atoms in total. The van der Waals surface area contributed by atoms with Gasteiger partial charge in [-0.2, -0.15) is 0 Å². The summed E-state index contributed by atoms with van der Waals surface area (Å²) in [4.78, 5) is 12.2. The molecule has 2 aromatic rings. The molecule has 110 valence electrons. The van der Waals surface area contributed by atoms with Crippen LogP contribution in [0.5, 0.6) is 0 Å². The third-order valence-electron chi connectivity index (χ3n) is 3.23. The SMILES string of the molecule is CC(=O)Nc1ccc(SCc2ccc(C(C)C)cc2)cc1. The Balaban J connectivity index is 1.91. The molecule has 0 radical (unpaired) electrons. The average Bonchev–Trinajstić information content (AvgIpc) is 2.46. The number of hydrogen-bond acceptors (Lipinski definition) is 2. The summed E-state index contributed by atoms with van der Waals surface area (Å²) < 4.78 is 0. The summed E-state index contributed by atoms with van der Waals surface area (Å²) >= 11 is 1.80. The van der Waals surface area contributed by atoms with Crippen LogP contribution in [0.3, 0.4) is 0 Å². The number of benzene rings is 2. The fourth-order valence-corrected chi connectivity index (χ4v) is 2.86. The number of anilines is 1. The summed E-state index contributed by atoms with van der Waals surface area (Å²) in [6.07, 6.45) is 0. The van der Waals surface area contributed by atoms with Gasteiger partial charge in [-0.1, -0.05) is 38.1 Å². The molecular formula is C18H21NOS. The van der Waals surface area contributed by atoms with Crippen LogP contribution in [0.1, 0.15) is 37.8 Å². The molecule has 0 fully saturated rings. The zero-order valence-electron chi connectivity index (χ0n) is 12.7. The highest BCUT2D eigenvalue weighted by molar-refractivity contribution is 7.98. The van der Waals surface area contributed by atoms with Gasteiger partial charge in [0.1, 0.15) is 0 Å². The Morgan fingerprint density at radius 1 is 1.05 bits per heavy atom. The molecule has 2 rings (SSSR count). The van der Waals surface area contributed by atoms with Gasteiger partial charge in [0, 0.05) is 23.3 Å². The lowest BCUT2D eigenvalue weighted by atomic mass is 10.0. The number of carbonyl (C=O) groups excluding carboxylic acids is 1. The van der Waals surface area contributed by atoms with Gasteiger partial charge in [0.25, 0.3) is 0 Å². The smallest absolute Gasteiger partial charge is 0.221 e. The number of carbonyl (C=O) groups is 1. The Kier molecular flexibility index (Phi) is 5.45. The van der Waals surface area contributed by atoms with E-state index < -0.39 is 0 Å². The molecule has 0 bridgehead atoms.